The van der Waals surface area contributed by atoms with Crippen molar-refractivity contribution in [2.45, 2.75) is 0 Å². The first-order chi connectivity index (χ1) is 6.72. The van der Waals surface area contributed by atoms with Crippen molar-refractivity contribution < 1.29 is 19.7 Å². The van der Waals surface area contributed by atoms with Gasteiger partial charge in [-0.25, -0.2) is 0 Å². The van der Waals surface area contributed by atoms with E-state index in [1.165, 1.54) is 18.2 Å². The van der Waals surface area contributed by atoms with Crippen LogP contribution in [0.15, 0.2) is 47.3 Å². The van der Waals surface area contributed by atoms with Gasteiger partial charge in [0.25, 0.3) is 0 Å². The number of aromatic hydroxyl groups is 3. The maximum atomic E-state index is 8.71. The molecule has 0 aliphatic heterocycles. The molecule has 0 unspecified atom stereocenters. The van der Waals surface area contributed by atoms with Crippen molar-refractivity contribution >= 4 is 0 Å². The highest BCUT2D eigenvalue weighted by Crippen LogP contribution is 2.32. The lowest BCUT2D eigenvalue weighted by Crippen LogP contribution is -1.67. The van der Waals surface area contributed by atoms with Crippen LogP contribution in [-0.4, -0.2) is 15.3 Å². The molecule has 0 radical (unpaired) electrons. The summed E-state index contributed by atoms with van der Waals surface area (Å²) < 4.78 is 4.58. The maximum absolute atomic E-state index is 8.71. The lowest BCUT2D eigenvalue weighted by Gasteiger charge is -1.96. The van der Waals surface area contributed by atoms with Crippen molar-refractivity contribution in [1.29, 1.82) is 0 Å². The smallest absolute Gasteiger partial charge is 0.200 e. The fraction of sp³-hybridized carbons (Fsp3) is 0. The largest absolute Gasteiger partial charge is 0.504 e. The van der Waals surface area contributed by atoms with Crippen LogP contribution in [-0.2, 0) is 0 Å². The molecule has 2 aromatic rings. The Morgan fingerprint density at radius 1 is 0.786 bits per heavy atom. The molecule has 1 heterocycles. The zero-order chi connectivity index (χ0) is 10.4. The third kappa shape index (κ3) is 2.75. The van der Waals surface area contributed by atoms with Crippen molar-refractivity contribution in [1.82, 2.24) is 0 Å². The summed E-state index contributed by atoms with van der Waals surface area (Å²) in [5, 5.41) is 26.1. The summed E-state index contributed by atoms with van der Waals surface area (Å²) in [6.45, 7) is 0. The predicted octanol–water partition coefficient (Wildman–Crippen LogP) is 2.08. The van der Waals surface area contributed by atoms with E-state index in [2.05, 4.69) is 4.42 Å². The summed E-state index contributed by atoms with van der Waals surface area (Å²) in [6, 6.07) is 7.68. The summed E-state index contributed by atoms with van der Waals surface area (Å²) >= 11 is 0. The number of hydrogen-bond donors (Lipinski definition) is 3. The number of phenols is 3. The van der Waals surface area contributed by atoms with E-state index in [9.17, 15) is 0 Å². The molecule has 0 bridgehead atoms. The van der Waals surface area contributed by atoms with Crippen LogP contribution in [0.1, 0.15) is 0 Å². The quantitative estimate of drug-likeness (QED) is 0.561. The van der Waals surface area contributed by atoms with E-state index < -0.39 is 5.75 Å². The standard InChI is InChI=1S/C6H6O3.C4H4O/c7-4-2-1-3-5(8)6(4)9;1-2-4-5-3-1/h1-3,7-9H;1-4H. The number of rotatable bonds is 0. The molecule has 0 saturated carbocycles. The average Bonchev–Trinajstić information content (AvgIpc) is 2.72. The van der Waals surface area contributed by atoms with Crippen LogP contribution < -0.4 is 0 Å². The molecule has 0 atom stereocenters. The molecule has 0 spiro atoms. The zero-order valence-electron chi connectivity index (χ0n) is 7.29. The molecule has 4 heteroatoms. The van der Waals surface area contributed by atoms with Gasteiger partial charge < -0.3 is 19.7 Å². The Kier molecular flexibility index (Phi) is 3.43. The molecule has 14 heavy (non-hydrogen) atoms. The van der Waals surface area contributed by atoms with Gasteiger partial charge in [0, 0.05) is 0 Å². The topological polar surface area (TPSA) is 73.8 Å². The Bertz CT molecular complexity index is 330. The highest BCUT2D eigenvalue weighted by molar-refractivity contribution is 5.47. The number of furan rings is 1. The Balaban J connectivity index is 0.000000165. The molecule has 1 aromatic heterocycles. The van der Waals surface area contributed by atoms with Crippen LogP contribution in [0.3, 0.4) is 0 Å². The van der Waals surface area contributed by atoms with Crippen molar-refractivity contribution in [3.8, 4) is 17.2 Å². The van der Waals surface area contributed by atoms with Crippen LogP contribution in [0.4, 0.5) is 0 Å². The van der Waals surface area contributed by atoms with Gasteiger partial charge in [-0.15, -0.1) is 0 Å². The zero-order valence-corrected chi connectivity index (χ0v) is 7.29. The second-order valence-electron chi connectivity index (χ2n) is 2.44. The molecule has 3 N–H and O–H groups in total. The summed E-state index contributed by atoms with van der Waals surface area (Å²) in [5.74, 6) is -1.09. The number of hydrogen-bond acceptors (Lipinski definition) is 4. The van der Waals surface area contributed by atoms with Crippen LogP contribution in [0.5, 0.6) is 17.2 Å². The minimum absolute atomic E-state index is 0.310. The first-order valence-corrected chi connectivity index (χ1v) is 3.89. The highest BCUT2D eigenvalue weighted by Gasteiger charge is 2.00. The van der Waals surface area contributed by atoms with E-state index >= 15 is 0 Å². The lowest BCUT2D eigenvalue weighted by molar-refractivity contribution is 0.368. The van der Waals surface area contributed by atoms with Crippen LogP contribution in [0.2, 0.25) is 0 Å². The van der Waals surface area contributed by atoms with Gasteiger partial charge in [0.15, 0.2) is 17.2 Å². The van der Waals surface area contributed by atoms with Crippen molar-refractivity contribution in [3.05, 3.63) is 42.9 Å². The summed E-state index contributed by atoms with van der Waals surface area (Å²) in [5.41, 5.74) is 0. The van der Waals surface area contributed by atoms with Crippen molar-refractivity contribution in [2.24, 2.45) is 0 Å². The predicted molar refractivity (Wildman–Crippen MR) is 50.1 cm³/mol. The van der Waals surface area contributed by atoms with Gasteiger partial charge in [-0.2, -0.15) is 0 Å². The van der Waals surface area contributed by atoms with Crippen LogP contribution >= 0.6 is 0 Å². The molecule has 4 nitrogen and oxygen atoms in total. The first kappa shape index (κ1) is 9.98. The average molecular weight is 194 g/mol. The van der Waals surface area contributed by atoms with Gasteiger partial charge in [0.2, 0.25) is 0 Å². The molecule has 0 aliphatic carbocycles. The number of benzene rings is 1. The number of phenolic OH excluding ortho intramolecular Hbond substituents is 3. The summed E-state index contributed by atoms with van der Waals surface area (Å²) in [6.07, 6.45) is 3.25. The monoisotopic (exact) mass is 194 g/mol. The van der Waals surface area contributed by atoms with Gasteiger partial charge in [-0.05, 0) is 24.3 Å². The first-order valence-electron chi connectivity index (χ1n) is 3.89. The fourth-order valence-electron chi connectivity index (χ4n) is 0.746. The van der Waals surface area contributed by atoms with Gasteiger partial charge >= 0.3 is 0 Å². The minimum atomic E-state index is -0.475. The van der Waals surface area contributed by atoms with Gasteiger partial charge in [-0.1, -0.05) is 6.07 Å². The van der Waals surface area contributed by atoms with E-state index in [1.807, 2.05) is 12.1 Å². The van der Waals surface area contributed by atoms with E-state index in [1.54, 1.807) is 12.5 Å². The van der Waals surface area contributed by atoms with Gasteiger partial charge in [0.05, 0.1) is 12.5 Å². The molecule has 74 valence electrons. The summed E-state index contributed by atoms with van der Waals surface area (Å²) in [7, 11) is 0. The van der Waals surface area contributed by atoms with E-state index in [0.29, 0.717) is 0 Å². The molecule has 1 aromatic carbocycles. The van der Waals surface area contributed by atoms with Crippen LogP contribution in [0, 0.1) is 0 Å². The molecule has 0 aliphatic rings. The molecule has 2 rings (SSSR count). The van der Waals surface area contributed by atoms with Crippen molar-refractivity contribution in [3.63, 3.8) is 0 Å². The Morgan fingerprint density at radius 3 is 1.57 bits per heavy atom. The van der Waals surface area contributed by atoms with E-state index in [4.69, 9.17) is 15.3 Å². The fourth-order valence-corrected chi connectivity index (χ4v) is 0.746. The Morgan fingerprint density at radius 2 is 1.29 bits per heavy atom. The molecule has 0 saturated heterocycles. The molecular weight excluding hydrogens is 184 g/mol. The molecule has 0 amide bonds. The lowest BCUT2D eigenvalue weighted by atomic mass is 10.3. The van der Waals surface area contributed by atoms with Gasteiger partial charge in [0.1, 0.15) is 0 Å². The maximum Gasteiger partial charge on any atom is 0.200 e. The SMILES string of the molecule is Oc1cccc(O)c1O.c1ccoc1. The third-order valence-electron chi connectivity index (χ3n) is 1.42. The molecular formula is C10H10O4. The van der Waals surface area contributed by atoms with E-state index in [-0.39, 0.29) is 11.5 Å². The second-order valence-corrected chi connectivity index (χ2v) is 2.44. The van der Waals surface area contributed by atoms with Crippen LogP contribution in [0.25, 0.3) is 0 Å². The number of para-hydroxylation sites is 1. The second kappa shape index (κ2) is 4.81. The van der Waals surface area contributed by atoms with Gasteiger partial charge in [-0.3, -0.25) is 0 Å². The normalized spacial score (nSPS) is 8.86. The minimum Gasteiger partial charge on any atom is -0.504 e. The Hall–Kier alpha value is -2.10. The summed E-state index contributed by atoms with van der Waals surface area (Å²) in [4.78, 5) is 0. The third-order valence-corrected chi connectivity index (χ3v) is 1.42. The van der Waals surface area contributed by atoms with Crippen molar-refractivity contribution in [2.75, 3.05) is 0 Å². The Labute approximate surface area is 80.7 Å². The highest BCUT2D eigenvalue weighted by atomic mass is 16.3. The molecule has 0 fully saturated rings. The van der Waals surface area contributed by atoms with E-state index in [0.717, 1.165) is 0 Å².